The van der Waals surface area contributed by atoms with Crippen LogP contribution in [0.5, 0.6) is 0 Å². The van der Waals surface area contributed by atoms with Crippen molar-refractivity contribution in [2.75, 3.05) is 45.7 Å². The number of nitrogens with zero attached hydrogens (tertiary/aromatic N) is 3. The van der Waals surface area contributed by atoms with Gasteiger partial charge in [0, 0.05) is 45.8 Å². The van der Waals surface area contributed by atoms with Gasteiger partial charge >= 0.3 is 6.03 Å². The van der Waals surface area contributed by atoms with Crippen molar-refractivity contribution in [3.8, 4) is 0 Å². The highest BCUT2D eigenvalue weighted by molar-refractivity contribution is 6.09. The fraction of sp³-hybridized carbons (Fsp3) is 0.455. The molecule has 2 N–H and O–H groups in total. The molecule has 1 aromatic rings. The largest absolute Gasteiger partial charge is 0.359 e. The van der Waals surface area contributed by atoms with Crippen molar-refractivity contribution in [3.05, 3.63) is 42.5 Å². The molecule has 166 valence electrons. The minimum atomic E-state index is -1.33. The molecule has 0 aliphatic carbocycles. The van der Waals surface area contributed by atoms with Gasteiger partial charge in [-0.1, -0.05) is 24.3 Å². The van der Waals surface area contributed by atoms with Crippen molar-refractivity contribution in [2.45, 2.75) is 18.4 Å². The molecule has 31 heavy (non-hydrogen) atoms. The first-order valence-corrected chi connectivity index (χ1v) is 10.2. The molecule has 5 amide bonds. The van der Waals surface area contributed by atoms with Crippen LogP contribution in [0.4, 0.5) is 10.5 Å². The van der Waals surface area contributed by atoms with E-state index in [0.717, 1.165) is 5.56 Å². The molecule has 9 nitrogen and oxygen atoms in total. The molecule has 1 fully saturated rings. The van der Waals surface area contributed by atoms with Crippen molar-refractivity contribution in [1.82, 2.24) is 20.4 Å². The Labute approximate surface area is 182 Å². The van der Waals surface area contributed by atoms with Gasteiger partial charge in [0.1, 0.15) is 12.1 Å². The number of carbonyl (C=O) groups is 4. The van der Waals surface area contributed by atoms with Crippen molar-refractivity contribution in [2.24, 2.45) is 5.92 Å². The number of carbonyl (C=O) groups excluding carboxylic acids is 4. The van der Waals surface area contributed by atoms with Crippen molar-refractivity contribution >= 4 is 29.4 Å². The smallest absolute Gasteiger partial charge is 0.318 e. The Morgan fingerprint density at radius 2 is 1.97 bits per heavy atom. The molecule has 9 heteroatoms. The van der Waals surface area contributed by atoms with Crippen LogP contribution in [0.2, 0.25) is 0 Å². The first-order chi connectivity index (χ1) is 14.7. The third kappa shape index (κ3) is 3.54. The van der Waals surface area contributed by atoms with Crippen LogP contribution in [-0.2, 0) is 14.4 Å². The number of para-hydroxylation sites is 1. The second kappa shape index (κ2) is 8.41. The van der Waals surface area contributed by atoms with Gasteiger partial charge in [-0.3, -0.25) is 14.4 Å². The van der Waals surface area contributed by atoms with E-state index >= 15 is 0 Å². The fourth-order valence-electron chi connectivity index (χ4n) is 4.60. The lowest BCUT2D eigenvalue weighted by Gasteiger charge is -2.46. The number of likely N-dealkylation sites (tertiary alicyclic amines) is 1. The lowest BCUT2D eigenvalue weighted by molar-refractivity contribution is -0.133. The summed E-state index contributed by atoms with van der Waals surface area (Å²) in [6.07, 6.45) is 1.55. The van der Waals surface area contributed by atoms with Gasteiger partial charge in [-0.25, -0.2) is 4.79 Å². The molecule has 1 aromatic carbocycles. The molecule has 2 aliphatic heterocycles. The highest BCUT2D eigenvalue weighted by Crippen LogP contribution is 2.52. The number of likely N-dealkylation sites (N-methyl/N-ethyl adjacent to an activating group) is 1. The molecular formula is C22H29N5O4. The molecule has 2 aliphatic rings. The molecule has 0 unspecified atom stereocenters. The maximum absolute atomic E-state index is 13.9. The Hall–Kier alpha value is -3.36. The summed E-state index contributed by atoms with van der Waals surface area (Å²) in [7, 11) is 4.79. The number of nitrogens with one attached hydrogen (secondary N) is 2. The maximum Gasteiger partial charge on any atom is 0.318 e. The lowest BCUT2D eigenvalue weighted by atomic mass is 9.72. The van der Waals surface area contributed by atoms with Crippen LogP contribution in [0.1, 0.15) is 18.4 Å². The van der Waals surface area contributed by atoms with Crippen LogP contribution in [0.25, 0.3) is 0 Å². The Morgan fingerprint density at radius 3 is 2.58 bits per heavy atom. The van der Waals surface area contributed by atoms with Crippen LogP contribution >= 0.6 is 0 Å². The van der Waals surface area contributed by atoms with E-state index in [1.165, 1.54) is 14.7 Å². The predicted molar refractivity (Wildman–Crippen MR) is 116 cm³/mol. The quantitative estimate of drug-likeness (QED) is 0.670. The van der Waals surface area contributed by atoms with E-state index in [2.05, 4.69) is 17.2 Å². The summed E-state index contributed by atoms with van der Waals surface area (Å²) >= 11 is 0. The SMILES string of the molecule is C=CCNC(=O)N1C[C@H](C(=O)NC)[C@H]2c3ccccc3N(CC(=O)N(C)C)C(=O)[C@]21C. The van der Waals surface area contributed by atoms with Crippen LogP contribution in [0.3, 0.4) is 0 Å². The number of amides is 5. The van der Waals surface area contributed by atoms with Gasteiger partial charge in [-0.15, -0.1) is 6.58 Å². The standard InChI is InChI=1S/C22H29N5O4/c1-6-11-24-21(31)27-12-15(19(29)23-3)18-14-9-7-8-10-16(14)26(13-17(28)25(4)5)20(30)22(18,27)2/h6-10,15,18H,1,11-13H2,2-5H3,(H,23,29)(H,24,31)/t15-,18+,22-/m0/s1. The Kier molecular flexibility index (Phi) is 6.06. The van der Waals surface area contributed by atoms with E-state index < -0.39 is 23.4 Å². The highest BCUT2D eigenvalue weighted by atomic mass is 16.2. The molecule has 1 saturated heterocycles. The zero-order valence-electron chi connectivity index (χ0n) is 18.3. The van der Waals surface area contributed by atoms with E-state index in [4.69, 9.17) is 0 Å². The highest BCUT2D eigenvalue weighted by Gasteiger charge is 2.63. The number of rotatable bonds is 5. The number of hydrogen-bond donors (Lipinski definition) is 2. The lowest BCUT2D eigenvalue weighted by Crippen LogP contribution is -2.64. The number of benzene rings is 1. The predicted octanol–water partition coefficient (Wildman–Crippen LogP) is 0.537. The topological polar surface area (TPSA) is 102 Å². The second-order valence-corrected chi connectivity index (χ2v) is 8.17. The minimum Gasteiger partial charge on any atom is -0.359 e. The number of urea groups is 1. The van der Waals surface area contributed by atoms with Crippen LogP contribution < -0.4 is 15.5 Å². The number of hydrogen-bond acceptors (Lipinski definition) is 4. The summed E-state index contributed by atoms with van der Waals surface area (Å²) in [6.45, 7) is 5.44. The Balaban J connectivity index is 2.16. The van der Waals surface area contributed by atoms with E-state index in [1.54, 1.807) is 46.3 Å². The third-order valence-electron chi connectivity index (χ3n) is 6.21. The molecule has 0 aromatic heterocycles. The summed E-state index contributed by atoms with van der Waals surface area (Å²) in [5.41, 5.74) is 0.0276. The Bertz CT molecular complexity index is 930. The molecule has 0 saturated carbocycles. The van der Waals surface area contributed by atoms with E-state index in [9.17, 15) is 19.2 Å². The first kappa shape index (κ1) is 22.3. The van der Waals surface area contributed by atoms with Gasteiger partial charge in [0.2, 0.25) is 11.8 Å². The molecule has 0 radical (unpaired) electrons. The summed E-state index contributed by atoms with van der Waals surface area (Å²) in [5.74, 6) is -2.02. The summed E-state index contributed by atoms with van der Waals surface area (Å²) in [4.78, 5) is 56.4. The molecule has 3 atom stereocenters. The van der Waals surface area contributed by atoms with Gasteiger partial charge < -0.3 is 25.3 Å². The van der Waals surface area contributed by atoms with Crippen molar-refractivity contribution < 1.29 is 19.2 Å². The molecule has 0 bridgehead atoms. The average Bonchev–Trinajstić information content (AvgIpc) is 3.08. The van der Waals surface area contributed by atoms with Gasteiger partial charge in [-0.2, -0.15) is 0 Å². The number of fused-ring (bicyclic) bond motifs is 3. The maximum atomic E-state index is 13.9. The summed E-state index contributed by atoms with van der Waals surface area (Å²) < 4.78 is 0. The molecule has 3 rings (SSSR count). The summed E-state index contributed by atoms with van der Waals surface area (Å²) in [6, 6.07) is 6.81. The van der Waals surface area contributed by atoms with E-state index in [-0.39, 0.29) is 37.4 Å². The molecule has 0 spiro atoms. The van der Waals surface area contributed by atoms with Crippen LogP contribution in [0, 0.1) is 5.92 Å². The van der Waals surface area contributed by atoms with Gasteiger partial charge in [0.05, 0.1) is 5.92 Å². The molecule has 2 heterocycles. The van der Waals surface area contributed by atoms with E-state index in [0.29, 0.717) is 5.69 Å². The second-order valence-electron chi connectivity index (χ2n) is 8.17. The minimum absolute atomic E-state index is 0.0827. The van der Waals surface area contributed by atoms with E-state index in [1.807, 2.05) is 12.1 Å². The molecular weight excluding hydrogens is 398 g/mol. The zero-order valence-corrected chi connectivity index (χ0v) is 18.3. The third-order valence-corrected chi connectivity index (χ3v) is 6.21. The van der Waals surface area contributed by atoms with Crippen LogP contribution in [-0.4, -0.2) is 79.9 Å². The summed E-state index contributed by atoms with van der Waals surface area (Å²) in [5, 5.41) is 5.38. The normalized spacial score (nSPS) is 24.2. The van der Waals surface area contributed by atoms with Crippen LogP contribution in [0.15, 0.2) is 36.9 Å². The average molecular weight is 428 g/mol. The van der Waals surface area contributed by atoms with Crippen molar-refractivity contribution in [3.63, 3.8) is 0 Å². The van der Waals surface area contributed by atoms with Gasteiger partial charge in [-0.05, 0) is 18.6 Å². The number of anilines is 1. The fourth-order valence-corrected chi connectivity index (χ4v) is 4.60. The Morgan fingerprint density at radius 1 is 1.29 bits per heavy atom. The van der Waals surface area contributed by atoms with Crippen molar-refractivity contribution in [1.29, 1.82) is 0 Å². The zero-order chi connectivity index (χ0) is 22.9. The first-order valence-electron chi connectivity index (χ1n) is 10.2. The van der Waals surface area contributed by atoms with Gasteiger partial charge in [0.25, 0.3) is 5.91 Å². The monoisotopic (exact) mass is 427 g/mol. The van der Waals surface area contributed by atoms with Gasteiger partial charge in [0.15, 0.2) is 0 Å².